The maximum atomic E-state index is 11.1. The van der Waals surface area contributed by atoms with Crippen LogP contribution in [-0.2, 0) is 4.79 Å². The van der Waals surface area contributed by atoms with Crippen LogP contribution in [0, 0.1) is 0 Å². The van der Waals surface area contributed by atoms with E-state index in [1.165, 1.54) is 4.21 Å². The third-order valence-corrected chi connectivity index (χ3v) is 3.95. The van der Waals surface area contributed by atoms with E-state index in [9.17, 15) is 4.79 Å². The van der Waals surface area contributed by atoms with Crippen molar-refractivity contribution < 1.29 is 4.79 Å². The summed E-state index contributed by atoms with van der Waals surface area (Å²) in [5, 5.41) is 5.04. The minimum Gasteiger partial charge on any atom is -0.310 e. The van der Waals surface area contributed by atoms with Gasteiger partial charge in [-0.25, -0.2) is 0 Å². The molecule has 1 heterocycles. The molecule has 1 atom stereocenters. The van der Waals surface area contributed by atoms with Gasteiger partial charge in [0, 0.05) is 5.75 Å². The molecule has 4 heteroatoms. The molecule has 0 aliphatic rings. The van der Waals surface area contributed by atoms with E-state index in [0.717, 1.165) is 5.75 Å². The molecular formula is C11H19NOS2. The van der Waals surface area contributed by atoms with Gasteiger partial charge in [0.15, 0.2) is 0 Å². The Labute approximate surface area is 100 Å². The summed E-state index contributed by atoms with van der Waals surface area (Å²) >= 11 is 3.43. The third-order valence-electron chi connectivity index (χ3n) is 1.73. The summed E-state index contributed by atoms with van der Waals surface area (Å²) in [6.07, 6.45) is 0. The molecule has 0 aliphatic heterocycles. The smallest absolute Gasteiger partial charge is 0.147 e. The van der Waals surface area contributed by atoms with Gasteiger partial charge in [-0.15, -0.1) is 23.1 Å². The first-order chi connectivity index (χ1) is 7.24. The van der Waals surface area contributed by atoms with Crippen molar-refractivity contribution in [3.63, 3.8) is 0 Å². The molecule has 0 radical (unpaired) electrons. The number of carbonyl (C=O) groups is 1. The van der Waals surface area contributed by atoms with Crippen LogP contribution in [0.4, 0.5) is 0 Å². The lowest BCUT2D eigenvalue weighted by Gasteiger charge is -2.10. The van der Waals surface area contributed by atoms with Crippen molar-refractivity contribution in [3.05, 3.63) is 17.5 Å². The lowest BCUT2D eigenvalue weighted by Crippen LogP contribution is -2.34. The van der Waals surface area contributed by atoms with Gasteiger partial charge in [0.25, 0.3) is 0 Å². The minimum absolute atomic E-state index is 0.0212. The predicted octanol–water partition coefficient (Wildman–Crippen LogP) is 3.04. The monoisotopic (exact) mass is 245 g/mol. The second-order valence-corrected chi connectivity index (χ2v) is 4.96. The van der Waals surface area contributed by atoms with Crippen LogP contribution in [0.3, 0.4) is 0 Å². The fourth-order valence-electron chi connectivity index (χ4n) is 0.915. The van der Waals surface area contributed by atoms with E-state index in [0.29, 0.717) is 0 Å². The number of likely N-dealkylation sites (N-methyl/N-ethyl adjacent to an activating group) is 1. The van der Waals surface area contributed by atoms with Gasteiger partial charge in [-0.05, 0) is 25.4 Å². The zero-order valence-corrected chi connectivity index (χ0v) is 11.4. The molecule has 0 saturated carbocycles. The van der Waals surface area contributed by atoms with Gasteiger partial charge in [0.2, 0.25) is 0 Å². The van der Waals surface area contributed by atoms with E-state index < -0.39 is 0 Å². The van der Waals surface area contributed by atoms with Crippen molar-refractivity contribution in [2.45, 2.75) is 31.0 Å². The first-order valence-electron chi connectivity index (χ1n) is 5.08. The van der Waals surface area contributed by atoms with Crippen LogP contribution in [0.25, 0.3) is 0 Å². The SMILES string of the molecule is CC.CNC(CSc1cccs1)C(C)=O. The number of hydrogen-bond acceptors (Lipinski definition) is 4. The predicted molar refractivity (Wildman–Crippen MR) is 69.9 cm³/mol. The van der Waals surface area contributed by atoms with Gasteiger partial charge in [0.1, 0.15) is 5.78 Å². The van der Waals surface area contributed by atoms with Crippen LogP contribution in [-0.4, -0.2) is 24.6 Å². The molecule has 1 unspecified atom stereocenters. The fourth-order valence-corrected chi connectivity index (χ4v) is 2.91. The summed E-state index contributed by atoms with van der Waals surface area (Å²) in [6, 6.07) is 4.07. The van der Waals surface area contributed by atoms with Crippen molar-refractivity contribution in [1.82, 2.24) is 5.32 Å². The Morgan fingerprint density at radius 1 is 1.60 bits per heavy atom. The number of Topliss-reactive ketones (excluding diaryl/α,β-unsaturated/α-hetero) is 1. The molecule has 0 aromatic carbocycles. The number of rotatable bonds is 5. The highest BCUT2D eigenvalue weighted by molar-refractivity contribution is 8.01. The Kier molecular flexibility index (Phi) is 8.76. The zero-order valence-electron chi connectivity index (χ0n) is 9.74. The molecule has 1 aromatic rings. The molecule has 15 heavy (non-hydrogen) atoms. The zero-order chi connectivity index (χ0) is 11.7. The fraction of sp³-hybridized carbons (Fsp3) is 0.545. The van der Waals surface area contributed by atoms with Gasteiger partial charge in [0.05, 0.1) is 10.3 Å². The van der Waals surface area contributed by atoms with Crippen molar-refractivity contribution in [2.24, 2.45) is 0 Å². The summed E-state index contributed by atoms with van der Waals surface area (Å²) in [6.45, 7) is 5.62. The van der Waals surface area contributed by atoms with E-state index in [2.05, 4.69) is 11.4 Å². The summed E-state index contributed by atoms with van der Waals surface area (Å²) in [5.41, 5.74) is 0. The molecule has 2 nitrogen and oxygen atoms in total. The second kappa shape index (κ2) is 8.95. The van der Waals surface area contributed by atoms with Crippen LogP contribution >= 0.6 is 23.1 Å². The highest BCUT2D eigenvalue weighted by Crippen LogP contribution is 2.23. The molecule has 1 aromatic heterocycles. The molecule has 0 bridgehead atoms. The van der Waals surface area contributed by atoms with E-state index in [1.807, 2.05) is 32.3 Å². The average molecular weight is 245 g/mol. The standard InChI is InChI=1S/C9H13NOS2.C2H6/c1-7(11)8(10-2)6-13-9-4-3-5-12-9;1-2/h3-5,8,10H,6H2,1-2H3;1-2H3. The first kappa shape index (κ1) is 14.7. The molecule has 0 aliphatic carbocycles. The molecule has 86 valence electrons. The van der Waals surface area contributed by atoms with E-state index in [-0.39, 0.29) is 11.8 Å². The van der Waals surface area contributed by atoms with Crippen molar-refractivity contribution >= 4 is 28.9 Å². The van der Waals surface area contributed by atoms with Gasteiger partial charge in [-0.1, -0.05) is 19.9 Å². The molecule has 1 N–H and O–H groups in total. The number of thioether (sulfide) groups is 1. The Balaban J connectivity index is 0.000000921. The van der Waals surface area contributed by atoms with Crippen LogP contribution in [0.15, 0.2) is 21.7 Å². The molecule has 0 fully saturated rings. The number of ketones is 1. The Bertz CT molecular complexity index is 260. The van der Waals surface area contributed by atoms with Gasteiger partial charge in [-0.3, -0.25) is 4.79 Å². The van der Waals surface area contributed by atoms with Gasteiger partial charge in [-0.2, -0.15) is 0 Å². The highest BCUT2D eigenvalue weighted by Gasteiger charge is 2.11. The quantitative estimate of drug-likeness (QED) is 0.808. The largest absolute Gasteiger partial charge is 0.310 e. The Morgan fingerprint density at radius 2 is 2.27 bits per heavy atom. The summed E-state index contributed by atoms with van der Waals surface area (Å²) in [5.74, 6) is 1.01. The average Bonchev–Trinajstić information content (AvgIpc) is 2.74. The number of hydrogen-bond donors (Lipinski definition) is 1. The van der Waals surface area contributed by atoms with E-state index in [1.54, 1.807) is 30.0 Å². The maximum Gasteiger partial charge on any atom is 0.147 e. The van der Waals surface area contributed by atoms with Crippen LogP contribution in [0.5, 0.6) is 0 Å². The summed E-state index contributed by atoms with van der Waals surface area (Å²) in [4.78, 5) is 11.1. The number of nitrogens with one attached hydrogen (secondary N) is 1. The molecular weight excluding hydrogens is 226 g/mol. The minimum atomic E-state index is -0.0212. The molecule has 1 rings (SSSR count). The van der Waals surface area contributed by atoms with Crippen LogP contribution in [0.2, 0.25) is 0 Å². The van der Waals surface area contributed by atoms with Crippen molar-refractivity contribution in [2.75, 3.05) is 12.8 Å². The maximum absolute atomic E-state index is 11.1. The summed E-state index contributed by atoms with van der Waals surface area (Å²) in [7, 11) is 1.82. The van der Waals surface area contributed by atoms with Crippen molar-refractivity contribution in [1.29, 1.82) is 0 Å². The lowest BCUT2D eigenvalue weighted by molar-refractivity contribution is -0.118. The molecule has 0 saturated heterocycles. The molecule has 0 amide bonds. The van der Waals surface area contributed by atoms with Gasteiger partial charge >= 0.3 is 0 Å². The summed E-state index contributed by atoms with van der Waals surface area (Å²) < 4.78 is 1.27. The van der Waals surface area contributed by atoms with E-state index in [4.69, 9.17) is 0 Å². The molecule has 0 spiro atoms. The topological polar surface area (TPSA) is 29.1 Å². The second-order valence-electron chi connectivity index (χ2n) is 2.70. The van der Waals surface area contributed by atoms with Crippen LogP contribution in [0.1, 0.15) is 20.8 Å². The lowest BCUT2D eigenvalue weighted by atomic mass is 10.2. The Hall–Kier alpha value is -0.320. The first-order valence-corrected chi connectivity index (χ1v) is 6.94. The van der Waals surface area contributed by atoms with Gasteiger partial charge < -0.3 is 5.32 Å². The van der Waals surface area contributed by atoms with Crippen LogP contribution < -0.4 is 5.32 Å². The number of thiophene rings is 1. The number of carbonyl (C=O) groups excluding carboxylic acids is 1. The Morgan fingerprint density at radius 3 is 2.67 bits per heavy atom. The van der Waals surface area contributed by atoms with E-state index >= 15 is 0 Å². The van der Waals surface area contributed by atoms with Crippen molar-refractivity contribution in [3.8, 4) is 0 Å². The normalized spacial score (nSPS) is 11.5. The highest BCUT2D eigenvalue weighted by atomic mass is 32.2. The third kappa shape index (κ3) is 5.97.